The lowest BCUT2D eigenvalue weighted by Gasteiger charge is -2.31. The molecule has 0 aromatic rings. The molecule has 2 aliphatic rings. The fraction of sp³-hybridized carbons (Fsp3) is 0.750. The van der Waals surface area contributed by atoms with Crippen LogP contribution in [-0.4, -0.2) is 54.0 Å². The summed E-state index contributed by atoms with van der Waals surface area (Å²) < 4.78 is 11.2. The number of ketones is 1. The molecule has 0 spiro atoms. The zero-order chi connectivity index (χ0) is 25.3. The Morgan fingerprint density at radius 2 is 1.71 bits per heavy atom. The normalized spacial score (nSPS) is 24.8. The molecule has 34 heavy (non-hydrogen) atoms. The highest BCUT2D eigenvalue weighted by molar-refractivity contribution is 5.93. The summed E-state index contributed by atoms with van der Waals surface area (Å²) in [6, 6.07) is -0.532. The summed E-state index contributed by atoms with van der Waals surface area (Å²) in [5.41, 5.74) is -0.314. The summed E-state index contributed by atoms with van der Waals surface area (Å²) in [4.78, 5) is 41.3. The third-order valence-electron chi connectivity index (χ3n) is 7.32. The van der Waals surface area contributed by atoms with Crippen molar-refractivity contribution in [3.63, 3.8) is 0 Å². The molecule has 5 atom stereocenters. The third-order valence-corrected chi connectivity index (χ3v) is 7.32. The minimum Gasteiger partial charge on any atom is -0.469 e. The van der Waals surface area contributed by atoms with Crippen LogP contribution in [0.15, 0.2) is 25.3 Å². The quantitative estimate of drug-likeness (QED) is 0.184. The number of ether oxygens (including phenoxy) is 2. The van der Waals surface area contributed by atoms with Crippen LogP contribution in [0.1, 0.15) is 85.0 Å². The first-order valence-electron chi connectivity index (χ1n) is 13.0. The number of hydrogen-bond acceptors (Lipinski definition) is 5. The average molecular weight is 476 g/mol. The van der Waals surface area contributed by atoms with E-state index in [-0.39, 0.29) is 47.6 Å². The van der Waals surface area contributed by atoms with Gasteiger partial charge in [-0.05, 0) is 58.8 Å². The van der Waals surface area contributed by atoms with Gasteiger partial charge in [0.2, 0.25) is 5.91 Å². The molecule has 0 aromatic carbocycles. The summed E-state index contributed by atoms with van der Waals surface area (Å²) in [5, 5.41) is 0. The van der Waals surface area contributed by atoms with Crippen molar-refractivity contribution >= 4 is 17.7 Å². The van der Waals surface area contributed by atoms with Crippen LogP contribution in [-0.2, 0) is 23.9 Å². The summed E-state index contributed by atoms with van der Waals surface area (Å²) >= 11 is 0. The van der Waals surface area contributed by atoms with Crippen molar-refractivity contribution in [2.24, 2.45) is 17.8 Å². The first-order chi connectivity index (χ1) is 16.1. The van der Waals surface area contributed by atoms with Gasteiger partial charge in [0.1, 0.15) is 0 Å². The first-order valence-corrected chi connectivity index (χ1v) is 13.0. The number of carbonyl (C=O) groups excluding carboxylic acids is 3. The van der Waals surface area contributed by atoms with Crippen molar-refractivity contribution in [2.45, 2.75) is 103 Å². The molecule has 0 aliphatic carbocycles. The molecule has 2 saturated heterocycles. The van der Waals surface area contributed by atoms with Crippen molar-refractivity contribution in [3.05, 3.63) is 25.3 Å². The van der Waals surface area contributed by atoms with Crippen LogP contribution in [0.5, 0.6) is 0 Å². The van der Waals surface area contributed by atoms with E-state index >= 15 is 0 Å². The Balaban J connectivity index is 2.14. The maximum absolute atomic E-state index is 13.7. The molecular formula is C28H45NO5. The number of amides is 1. The molecule has 0 radical (unpaired) electrons. The fourth-order valence-electron chi connectivity index (χ4n) is 5.57. The number of likely N-dealkylation sites (tertiary alicyclic amines) is 1. The molecule has 2 rings (SSSR count). The van der Waals surface area contributed by atoms with Gasteiger partial charge in [0.15, 0.2) is 5.78 Å². The molecule has 6 heteroatoms. The summed E-state index contributed by atoms with van der Waals surface area (Å²) in [6.45, 7) is 14.0. The highest BCUT2D eigenvalue weighted by Gasteiger charge is 2.55. The van der Waals surface area contributed by atoms with Crippen LogP contribution >= 0.6 is 0 Å². The summed E-state index contributed by atoms with van der Waals surface area (Å²) in [6.07, 6.45) is 11.4. The number of fused-ring (bicyclic) bond motifs is 1. The maximum atomic E-state index is 13.7. The molecule has 6 nitrogen and oxygen atoms in total. The van der Waals surface area contributed by atoms with Gasteiger partial charge in [-0.15, -0.1) is 13.2 Å². The number of hydrogen-bond donors (Lipinski definition) is 0. The Labute approximate surface area is 206 Å². The standard InChI is InChI=1S/C28H45NO5/c1-7-9-11-13-15-20(3)26(31)29-19-24-22(18-28(4,5)34-24)25(29)23(30)17-21(27(32)33-6)16-14-12-10-8-2/h7-8,20-22,24-25H,1-2,9-19H2,3-6H3/t20?,21-,22+,24?,25+/m1/s1. The number of carbonyl (C=O) groups is 3. The SMILES string of the molecule is C=CCCCCC(C)C(=O)N1CC2OC(C)(C)C[C@@H]2[C@H]1C(=O)C[C@@H](CCCCC=C)C(=O)OC. The van der Waals surface area contributed by atoms with Gasteiger partial charge < -0.3 is 14.4 Å². The number of methoxy groups -OCH3 is 1. The number of unbranched alkanes of at least 4 members (excludes halogenated alkanes) is 4. The maximum Gasteiger partial charge on any atom is 0.309 e. The largest absolute Gasteiger partial charge is 0.469 e. The van der Waals surface area contributed by atoms with Gasteiger partial charge in [0, 0.05) is 24.8 Å². The van der Waals surface area contributed by atoms with E-state index in [2.05, 4.69) is 13.2 Å². The Bertz CT molecular complexity index is 730. The monoisotopic (exact) mass is 475 g/mol. The van der Waals surface area contributed by atoms with E-state index < -0.39 is 12.0 Å². The number of Topliss-reactive ketones (excluding diaryl/α,β-unsaturated/α-hetero) is 1. The van der Waals surface area contributed by atoms with Gasteiger partial charge >= 0.3 is 5.97 Å². The van der Waals surface area contributed by atoms with Crippen LogP contribution in [0.3, 0.4) is 0 Å². The number of esters is 1. The Kier molecular flexibility index (Phi) is 11.0. The van der Waals surface area contributed by atoms with Gasteiger partial charge in [0.25, 0.3) is 0 Å². The topological polar surface area (TPSA) is 72.9 Å². The van der Waals surface area contributed by atoms with Crippen LogP contribution in [0, 0.1) is 17.8 Å². The predicted molar refractivity (Wildman–Crippen MR) is 134 cm³/mol. The lowest BCUT2D eigenvalue weighted by atomic mass is 9.84. The minimum absolute atomic E-state index is 0.0216. The van der Waals surface area contributed by atoms with Gasteiger partial charge in [-0.1, -0.05) is 31.9 Å². The molecule has 0 saturated carbocycles. The average Bonchev–Trinajstić information content (AvgIpc) is 3.28. The van der Waals surface area contributed by atoms with Crippen LogP contribution in [0.2, 0.25) is 0 Å². The zero-order valence-electron chi connectivity index (χ0n) is 21.7. The molecule has 2 heterocycles. The van der Waals surface area contributed by atoms with Gasteiger partial charge in [-0.3, -0.25) is 14.4 Å². The zero-order valence-corrected chi connectivity index (χ0v) is 21.7. The van der Waals surface area contributed by atoms with E-state index in [1.54, 1.807) is 4.90 Å². The summed E-state index contributed by atoms with van der Waals surface area (Å²) in [5.74, 6) is -1.03. The highest BCUT2D eigenvalue weighted by atomic mass is 16.5. The van der Waals surface area contributed by atoms with Gasteiger partial charge in [-0.2, -0.15) is 0 Å². The number of allylic oxidation sites excluding steroid dienone is 2. The molecule has 192 valence electrons. The Morgan fingerprint density at radius 1 is 1.09 bits per heavy atom. The molecule has 1 amide bonds. The lowest BCUT2D eigenvalue weighted by molar-refractivity contribution is -0.149. The van der Waals surface area contributed by atoms with Gasteiger partial charge in [0.05, 0.1) is 30.8 Å². The fourth-order valence-corrected chi connectivity index (χ4v) is 5.57. The van der Waals surface area contributed by atoms with E-state index in [9.17, 15) is 14.4 Å². The second-order valence-electron chi connectivity index (χ2n) is 10.7. The lowest BCUT2D eigenvalue weighted by Crippen LogP contribution is -2.47. The first kappa shape index (κ1) is 28.3. The molecule has 0 N–H and O–H groups in total. The van der Waals surface area contributed by atoms with Crippen molar-refractivity contribution in [1.82, 2.24) is 4.90 Å². The predicted octanol–water partition coefficient (Wildman–Crippen LogP) is 5.26. The highest BCUT2D eigenvalue weighted by Crippen LogP contribution is 2.44. The van der Waals surface area contributed by atoms with Gasteiger partial charge in [-0.25, -0.2) is 0 Å². The smallest absolute Gasteiger partial charge is 0.309 e. The second kappa shape index (κ2) is 13.2. The van der Waals surface area contributed by atoms with E-state index in [0.29, 0.717) is 13.0 Å². The van der Waals surface area contributed by atoms with Crippen molar-refractivity contribution in [3.8, 4) is 0 Å². The molecule has 0 aromatic heterocycles. The molecule has 2 unspecified atom stereocenters. The van der Waals surface area contributed by atoms with E-state index in [4.69, 9.17) is 9.47 Å². The number of rotatable bonds is 15. The minimum atomic E-state index is -0.532. The molecular weight excluding hydrogens is 430 g/mol. The van der Waals surface area contributed by atoms with Crippen LogP contribution < -0.4 is 0 Å². The van der Waals surface area contributed by atoms with Crippen molar-refractivity contribution in [2.75, 3.05) is 13.7 Å². The second-order valence-corrected chi connectivity index (χ2v) is 10.7. The van der Waals surface area contributed by atoms with E-state index in [1.165, 1.54) is 7.11 Å². The van der Waals surface area contributed by atoms with Crippen LogP contribution in [0.4, 0.5) is 0 Å². The van der Waals surface area contributed by atoms with Crippen molar-refractivity contribution in [1.29, 1.82) is 0 Å². The Hall–Kier alpha value is -1.95. The third kappa shape index (κ3) is 7.53. The Morgan fingerprint density at radius 3 is 2.29 bits per heavy atom. The molecule has 2 fully saturated rings. The number of nitrogens with zero attached hydrogens (tertiary/aromatic N) is 1. The van der Waals surface area contributed by atoms with Crippen molar-refractivity contribution < 1.29 is 23.9 Å². The van der Waals surface area contributed by atoms with Crippen LogP contribution in [0.25, 0.3) is 0 Å². The summed E-state index contributed by atoms with van der Waals surface area (Å²) in [7, 11) is 1.37. The molecule has 2 aliphatic heterocycles. The van der Waals surface area contributed by atoms with E-state index in [0.717, 1.165) is 51.4 Å². The van der Waals surface area contributed by atoms with E-state index in [1.807, 2.05) is 32.9 Å². The molecule has 0 bridgehead atoms.